The van der Waals surface area contributed by atoms with Gasteiger partial charge in [0.2, 0.25) is 0 Å². The topological polar surface area (TPSA) is 43.4 Å². The molecule has 3 heteroatoms. The number of aldehydes is 1. The van der Waals surface area contributed by atoms with E-state index < -0.39 is 0 Å². The van der Waals surface area contributed by atoms with Crippen molar-refractivity contribution in [3.05, 3.63) is 35.9 Å². The summed E-state index contributed by atoms with van der Waals surface area (Å²) < 4.78 is 5.08. The molecular formula is C14H16O3. The lowest BCUT2D eigenvalue weighted by Crippen LogP contribution is -2.29. The number of ether oxygens (including phenoxy) is 1. The van der Waals surface area contributed by atoms with Crippen LogP contribution in [0, 0.1) is 5.92 Å². The lowest BCUT2D eigenvalue weighted by Gasteiger charge is -2.28. The number of carbonyl (C=O) groups excluding carboxylic acids is 2. The third-order valence-electron chi connectivity index (χ3n) is 3.27. The van der Waals surface area contributed by atoms with Crippen LogP contribution in [0.4, 0.5) is 0 Å². The molecule has 1 aliphatic rings. The molecule has 1 saturated heterocycles. The fraction of sp³-hybridized carbons (Fsp3) is 0.429. The first-order valence-electron chi connectivity index (χ1n) is 5.98. The fourth-order valence-electron chi connectivity index (χ4n) is 2.40. The van der Waals surface area contributed by atoms with E-state index in [2.05, 4.69) is 0 Å². The van der Waals surface area contributed by atoms with Crippen molar-refractivity contribution in [2.24, 2.45) is 5.92 Å². The maximum absolute atomic E-state index is 11.7. The smallest absolute Gasteiger partial charge is 0.309 e. The van der Waals surface area contributed by atoms with Gasteiger partial charge in [-0.3, -0.25) is 4.79 Å². The molecule has 0 amide bonds. The number of esters is 1. The zero-order valence-electron chi connectivity index (χ0n) is 9.67. The van der Waals surface area contributed by atoms with Gasteiger partial charge in [0, 0.05) is 12.3 Å². The summed E-state index contributed by atoms with van der Waals surface area (Å²) in [5, 5.41) is 0. The zero-order chi connectivity index (χ0) is 12.1. The average molecular weight is 232 g/mol. The Hall–Kier alpha value is -1.64. The first-order chi connectivity index (χ1) is 8.33. The molecule has 1 heterocycles. The van der Waals surface area contributed by atoms with Gasteiger partial charge >= 0.3 is 5.97 Å². The Kier molecular flexibility index (Phi) is 3.91. The van der Waals surface area contributed by atoms with Crippen LogP contribution in [-0.4, -0.2) is 18.9 Å². The summed E-state index contributed by atoms with van der Waals surface area (Å²) >= 11 is 0. The van der Waals surface area contributed by atoms with Crippen LogP contribution >= 0.6 is 0 Å². The summed E-state index contributed by atoms with van der Waals surface area (Å²) in [5.74, 6) is -0.371. The van der Waals surface area contributed by atoms with Crippen LogP contribution < -0.4 is 0 Å². The monoisotopic (exact) mass is 232 g/mol. The minimum atomic E-state index is -0.170. The standard InChI is InChI=1S/C14H16O3/c15-9-8-12(11-5-2-1-3-6-11)13-7-4-10-17-14(13)16/h1-3,5-6,9,12-13H,4,7-8,10H2. The fourth-order valence-corrected chi connectivity index (χ4v) is 2.40. The summed E-state index contributed by atoms with van der Waals surface area (Å²) in [6, 6.07) is 9.73. The summed E-state index contributed by atoms with van der Waals surface area (Å²) in [7, 11) is 0. The third kappa shape index (κ3) is 2.73. The molecule has 1 aromatic rings. The van der Waals surface area contributed by atoms with Crippen molar-refractivity contribution in [2.45, 2.75) is 25.2 Å². The summed E-state index contributed by atoms with van der Waals surface area (Å²) in [5.41, 5.74) is 1.04. The van der Waals surface area contributed by atoms with Crippen LogP contribution in [-0.2, 0) is 14.3 Å². The minimum Gasteiger partial charge on any atom is -0.465 e. The van der Waals surface area contributed by atoms with Gasteiger partial charge in [-0.25, -0.2) is 0 Å². The van der Waals surface area contributed by atoms with Gasteiger partial charge in [-0.05, 0) is 18.4 Å². The van der Waals surface area contributed by atoms with E-state index in [-0.39, 0.29) is 17.8 Å². The summed E-state index contributed by atoms with van der Waals surface area (Å²) in [6.45, 7) is 0.512. The molecule has 0 bridgehead atoms. The number of hydrogen-bond acceptors (Lipinski definition) is 3. The van der Waals surface area contributed by atoms with Gasteiger partial charge in [0.1, 0.15) is 6.29 Å². The van der Waals surface area contributed by atoms with Gasteiger partial charge < -0.3 is 9.53 Å². The first kappa shape index (κ1) is 11.8. The number of cyclic esters (lactones) is 1. The normalized spacial score (nSPS) is 21.6. The van der Waals surface area contributed by atoms with Crippen molar-refractivity contribution in [1.82, 2.24) is 0 Å². The van der Waals surface area contributed by atoms with Crippen molar-refractivity contribution in [2.75, 3.05) is 6.61 Å². The molecule has 1 aliphatic heterocycles. The Labute approximate surface area is 101 Å². The van der Waals surface area contributed by atoms with Crippen molar-refractivity contribution >= 4 is 12.3 Å². The molecule has 17 heavy (non-hydrogen) atoms. The molecule has 2 rings (SSSR count). The van der Waals surface area contributed by atoms with Crippen LogP contribution in [0.5, 0.6) is 0 Å². The van der Waals surface area contributed by atoms with E-state index in [9.17, 15) is 9.59 Å². The Morgan fingerprint density at radius 2 is 2.12 bits per heavy atom. The van der Waals surface area contributed by atoms with Gasteiger partial charge in [0.25, 0.3) is 0 Å². The SMILES string of the molecule is O=CCC(c1ccccc1)C1CCCOC1=O. The quantitative estimate of drug-likeness (QED) is 0.591. The van der Waals surface area contributed by atoms with Crippen molar-refractivity contribution < 1.29 is 14.3 Å². The van der Waals surface area contributed by atoms with E-state index in [1.807, 2.05) is 30.3 Å². The van der Waals surface area contributed by atoms with Crippen LogP contribution in [0.15, 0.2) is 30.3 Å². The van der Waals surface area contributed by atoms with Crippen LogP contribution in [0.1, 0.15) is 30.7 Å². The minimum absolute atomic E-state index is 0.0403. The van der Waals surface area contributed by atoms with E-state index in [1.54, 1.807) is 0 Å². The number of hydrogen-bond donors (Lipinski definition) is 0. The Bertz CT molecular complexity index is 386. The Morgan fingerprint density at radius 3 is 2.76 bits per heavy atom. The van der Waals surface area contributed by atoms with Crippen molar-refractivity contribution in [3.8, 4) is 0 Å². The third-order valence-corrected chi connectivity index (χ3v) is 3.27. The molecule has 90 valence electrons. The van der Waals surface area contributed by atoms with Crippen LogP contribution in [0.3, 0.4) is 0 Å². The van der Waals surface area contributed by atoms with E-state index in [0.29, 0.717) is 13.0 Å². The van der Waals surface area contributed by atoms with Crippen LogP contribution in [0.25, 0.3) is 0 Å². The average Bonchev–Trinajstić information content (AvgIpc) is 2.38. The van der Waals surface area contributed by atoms with Gasteiger partial charge in [-0.15, -0.1) is 0 Å². The maximum Gasteiger partial charge on any atom is 0.309 e. The van der Waals surface area contributed by atoms with Crippen LogP contribution in [0.2, 0.25) is 0 Å². The Morgan fingerprint density at radius 1 is 1.35 bits per heavy atom. The van der Waals surface area contributed by atoms with Crippen molar-refractivity contribution in [3.63, 3.8) is 0 Å². The number of carbonyl (C=O) groups is 2. The Balaban J connectivity index is 2.22. The second-order valence-electron chi connectivity index (χ2n) is 4.34. The van der Waals surface area contributed by atoms with E-state index in [4.69, 9.17) is 4.74 Å². The van der Waals surface area contributed by atoms with E-state index in [0.717, 1.165) is 24.7 Å². The highest BCUT2D eigenvalue weighted by atomic mass is 16.5. The highest BCUT2D eigenvalue weighted by Crippen LogP contribution is 2.33. The molecule has 0 radical (unpaired) electrons. The number of rotatable bonds is 4. The van der Waals surface area contributed by atoms with E-state index >= 15 is 0 Å². The molecule has 0 N–H and O–H groups in total. The molecule has 0 spiro atoms. The second kappa shape index (κ2) is 5.62. The zero-order valence-corrected chi connectivity index (χ0v) is 9.67. The predicted octanol–water partition coefficient (Wildman–Crippen LogP) is 2.31. The van der Waals surface area contributed by atoms with Gasteiger partial charge in [0.15, 0.2) is 0 Å². The molecule has 2 atom stereocenters. The summed E-state index contributed by atoms with van der Waals surface area (Å²) in [4.78, 5) is 22.5. The molecular weight excluding hydrogens is 216 g/mol. The lowest BCUT2D eigenvalue weighted by molar-refractivity contribution is -0.153. The lowest BCUT2D eigenvalue weighted by atomic mass is 9.80. The molecule has 2 unspecified atom stereocenters. The molecule has 0 saturated carbocycles. The molecule has 1 fully saturated rings. The molecule has 1 aromatic carbocycles. The van der Waals surface area contributed by atoms with Crippen molar-refractivity contribution in [1.29, 1.82) is 0 Å². The molecule has 0 aromatic heterocycles. The van der Waals surface area contributed by atoms with E-state index in [1.165, 1.54) is 0 Å². The molecule has 0 aliphatic carbocycles. The first-order valence-corrected chi connectivity index (χ1v) is 5.98. The van der Waals surface area contributed by atoms with Gasteiger partial charge in [0.05, 0.1) is 12.5 Å². The van der Waals surface area contributed by atoms with Gasteiger partial charge in [-0.1, -0.05) is 30.3 Å². The van der Waals surface area contributed by atoms with Gasteiger partial charge in [-0.2, -0.15) is 0 Å². The highest BCUT2D eigenvalue weighted by molar-refractivity contribution is 5.75. The highest BCUT2D eigenvalue weighted by Gasteiger charge is 2.32. The second-order valence-corrected chi connectivity index (χ2v) is 4.34. The largest absolute Gasteiger partial charge is 0.465 e. The number of benzene rings is 1. The predicted molar refractivity (Wildman–Crippen MR) is 63.5 cm³/mol. The summed E-state index contributed by atoms with van der Waals surface area (Å²) in [6.07, 6.45) is 2.97. The maximum atomic E-state index is 11.7. The molecule has 3 nitrogen and oxygen atoms in total.